The van der Waals surface area contributed by atoms with Crippen molar-refractivity contribution < 1.29 is 18.3 Å². The molecule has 1 heterocycles. The maximum absolute atomic E-state index is 11.9. The van der Waals surface area contributed by atoms with E-state index in [-0.39, 0.29) is 5.15 Å². The van der Waals surface area contributed by atoms with E-state index in [1.54, 1.807) is 0 Å². The van der Waals surface area contributed by atoms with Crippen molar-refractivity contribution in [2.45, 2.75) is 12.3 Å². The van der Waals surface area contributed by atoms with E-state index in [1.165, 1.54) is 12.1 Å². The van der Waals surface area contributed by atoms with Gasteiger partial charge in [0.2, 0.25) is 0 Å². The zero-order chi connectivity index (χ0) is 10.1. The molecule has 0 fully saturated rings. The number of alkyl halides is 3. The number of rotatable bonds is 1. The highest BCUT2D eigenvalue weighted by atomic mass is 35.5. The predicted octanol–water partition coefficient (Wildman–Crippen LogP) is 2.33. The third-order valence-electron chi connectivity index (χ3n) is 1.33. The second kappa shape index (κ2) is 3.51. The molecular formula is C7H5ClF3NO. The Morgan fingerprint density at radius 3 is 2.46 bits per heavy atom. The van der Waals surface area contributed by atoms with Crippen LogP contribution in [0.25, 0.3) is 0 Å². The molecule has 13 heavy (non-hydrogen) atoms. The van der Waals surface area contributed by atoms with Crippen molar-refractivity contribution in [3.8, 4) is 0 Å². The van der Waals surface area contributed by atoms with Crippen molar-refractivity contribution in [2.24, 2.45) is 0 Å². The number of pyridine rings is 1. The van der Waals surface area contributed by atoms with E-state index in [9.17, 15) is 13.2 Å². The molecule has 0 spiro atoms. The standard InChI is InChI=1S/C7H5ClF3NO/c8-5-3-1-2-4(12-5)6(13)7(9,10)11/h1-3,6,13H/t6-/m0/s1. The molecule has 1 aromatic rings. The molecule has 72 valence electrons. The van der Waals surface area contributed by atoms with Crippen LogP contribution in [0.4, 0.5) is 13.2 Å². The molecule has 0 bridgehead atoms. The summed E-state index contributed by atoms with van der Waals surface area (Å²) >= 11 is 5.35. The first-order valence-electron chi connectivity index (χ1n) is 3.28. The van der Waals surface area contributed by atoms with Crippen LogP contribution in [0, 0.1) is 0 Å². The fourth-order valence-corrected chi connectivity index (χ4v) is 0.914. The van der Waals surface area contributed by atoms with E-state index >= 15 is 0 Å². The van der Waals surface area contributed by atoms with Gasteiger partial charge in [0.1, 0.15) is 5.15 Å². The van der Waals surface area contributed by atoms with Gasteiger partial charge in [0.15, 0.2) is 6.10 Å². The molecule has 0 amide bonds. The smallest absolute Gasteiger partial charge is 0.378 e. The van der Waals surface area contributed by atoms with Crippen LogP contribution in [0.3, 0.4) is 0 Å². The molecule has 1 aromatic heterocycles. The van der Waals surface area contributed by atoms with E-state index in [2.05, 4.69) is 4.98 Å². The lowest BCUT2D eigenvalue weighted by atomic mass is 10.2. The third-order valence-corrected chi connectivity index (χ3v) is 1.54. The fraction of sp³-hybridized carbons (Fsp3) is 0.286. The van der Waals surface area contributed by atoms with Crippen LogP contribution in [0.15, 0.2) is 18.2 Å². The largest absolute Gasteiger partial charge is 0.420 e. The summed E-state index contributed by atoms with van der Waals surface area (Å²) in [5.74, 6) is 0. The van der Waals surface area contributed by atoms with Gasteiger partial charge in [0.05, 0.1) is 5.69 Å². The van der Waals surface area contributed by atoms with Crippen LogP contribution in [-0.4, -0.2) is 16.3 Å². The second-order valence-corrected chi connectivity index (χ2v) is 2.72. The zero-order valence-electron chi connectivity index (χ0n) is 6.22. The Bertz CT molecular complexity index is 302. The van der Waals surface area contributed by atoms with Gasteiger partial charge in [-0.3, -0.25) is 0 Å². The fourth-order valence-electron chi connectivity index (χ4n) is 0.744. The van der Waals surface area contributed by atoms with Gasteiger partial charge in [0.25, 0.3) is 0 Å². The minimum Gasteiger partial charge on any atom is -0.378 e. The molecule has 0 radical (unpaired) electrons. The van der Waals surface area contributed by atoms with Crippen LogP contribution >= 0.6 is 11.6 Å². The molecule has 0 saturated carbocycles. The topological polar surface area (TPSA) is 33.1 Å². The first kappa shape index (κ1) is 10.3. The van der Waals surface area contributed by atoms with Gasteiger partial charge in [-0.15, -0.1) is 0 Å². The molecule has 0 saturated heterocycles. The average molecular weight is 212 g/mol. The number of aromatic nitrogens is 1. The molecule has 1 rings (SSSR count). The molecule has 6 heteroatoms. The van der Waals surface area contributed by atoms with E-state index in [0.717, 1.165) is 6.07 Å². The average Bonchev–Trinajstić information content (AvgIpc) is 2.01. The Morgan fingerprint density at radius 1 is 1.38 bits per heavy atom. The van der Waals surface area contributed by atoms with Gasteiger partial charge >= 0.3 is 6.18 Å². The maximum Gasteiger partial charge on any atom is 0.420 e. The molecule has 1 N–H and O–H groups in total. The highest BCUT2D eigenvalue weighted by Gasteiger charge is 2.40. The van der Waals surface area contributed by atoms with Gasteiger partial charge in [-0.05, 0) is 12.1 Å². The van der Waals surface area contributed by atoms with Gasteiger partial charge in [-0.1, -0.05) is 17.7 Å². The zero-order valence-corrected chi connectivity index (χ0v) is 6.97. The SMILES string of the molecule is O[C@@H](c1cccc(Cl)n1)C(F)(F)F. The first-order chi connectivity index (χ1) is 5.91. The molecule has 0 unspecified atom stereocenters. The molecule has 0 aliphatic carbocycles. The van der Waals surface area contributed by atoms with Crippen molar-refractivity contribution >= 4 is 11.6 Å². The van der Waals surface area contributed by atoms with E-state index in [4.69, 9.17) is 16.7 Å². The summed E-state index contributed by atoms with van der Waals surface area (Å²) in [6.07, 6.45) is -7.29. The van der Waals surface area contributed by atoms with Gasteiger partial charge in [0, 0.05) is 0 Å². The lowest BCUT2D eigenvalue weighted by Crippen LogP contribution is -2.21. The van der Waals surface area contributed by atoms with Gasteiger partial charge in [-0.2, -0.15) is 13.2 Å². The Hall–Kier alpha value is -0.810. The molecule has 1 atom stereocenters. The Kier molecular flexibility index (Phi) is 2.77. The van der Waals surface area contributed by atoms with Crippen LogP contribution in [-0.2, 0) is 0 Å². The number of hydrogen-bond donors (Lipinski definition) is 1. The Labute approximate surface area is 77.0 Å². The van der Waals surface area contributed by atoms with E-state index < -0.39 is 18.0 Å². The Balaban J connectivity index is 2.96. The predicted molar refractivity (Wildman–Crippen MR) is 40.3 cm³/mol. The summed E-state index contributed by atoms with van der Waals surface area (Å²) < 4.78 is 35.8. The van der Waals surface area contributed by atoms with Crippen molar-refractivity contribution in [2.75, 3.05) is 0 Å². The summed E-state index contributed by atoms with van der Waals surface area (Å²) in [6.45, 7) is 0. The molecule has 0 aliphatic rings. The second-order valence-electron chi connectivity index (χ2n) is 2.33. The number of hydrogen-bond acceptors (Lipinski definition) is 2. The number of halogens is 4. The quantitative estimate of drug-likeness (QED) is 0.724. The highest BCUT2D eigenvalue weighted by molar-refractivity contribution is 6.29. The van der Waals surface area contributed by atoms with Gasteiger partial charge in [-0.25, -0.2) is 4.98 Å². The van der Waals surface area contributed by atoms with Crippen molar-refractivity contribution in [3.63, 3.8) is 0 Å². The van der Waals surface area contributed by atoms with E-state index in [1.807, 2.05) is 0 Å². The lowest BCUT2D eigenvalue weighted by molar-refractivity contribution is -0.207. The summed E-state index contributed by atoms with van der Waals surface area (Å²) in [5, 5.41) is 8.65. The summed E-state index contributed by atoms with van der Waals surface area (Å²) in [7, 11) is 0. The van der Waals surface area contributed by atoms with Crippen molar-refractivity contribution in [1.82, 2.24) is 4.98 Å². The van der Waals surface area contributed by atoms with Crippen LogP contribution in [0.1, 0.15) is 11.8 Å². The minimum absolute atomic E-state index is 0.0826. The molecule has 0 aromatic carbocycles. The van der Waals surface area contributed by atoms with Crippen molar-refractivity contribution in [3.05, 3.63) is 29.0 Å². The minimum atomic E-state index is -4.71. The molecule has 0 aliphatic heterocycles. The molecular weight excluding hydrogens is 207 g/mol. The van der Waals surface area contributed by atoms with E-state index in [0.29, 0.717) is 0 Å². The maximum atomic E-state index is 11.9. The number of nitrogens with zero attached hydrogens (tertiary/aromatic N) is 1. The van der Waals surface area contributed by atoms with Crippen LogP contribution < -0.4 is 0 Å². The summed E-state index contributed by atoms with van der Waals surface area (Å²) in [4.78, 5) is 3.33. The Morgan fingerprint density at radius 2 is 2.00 bits per heavy atom. The number of aliphatic hydroxyl groups excluding tert-OH is 1. The monoisotopic (exact) mass is 211 g/mol. The van der Waals surface area contributed by atoms with Crippen LogP contribution in [0.5, 0.6) is 0 Å². The highest BCUT2D eigenvalue weighted by Crippen LogP contribution is 2.31. The van der Waals surface area contributed by atoms with Crippen molar-refractivity contribution in [1.29, 1.82) is 0 Å². The normalized spacial score (nSPS) is 14.2. The van der Waals surface area contributed by atoms with Crippen LogP contribution in [0.2, 0.25) is 5.15 Å². The third kappa shape index (κ3) is 2.57. The first-order valence-corrected chi connectivity index (χ1v) is 3.66. The van der Waals surface area contributed by atoms with Gasteiger partial charge < -0.3 is 5.11 Å². The molecule has 2 nitrogen and oxygen atoms in total. The lowest BCUT2D eigenvalue weighted by Gasteiger charge is -2.13. The summed E-state index contributed by atoms with van der Waals surface area (Å²) in [6, 6.07) is 3.68. The summed E-state index contributed by atoms with van der Waals surface area (Å²) in [5.41, 5.74) is -0.500. The number of aliphatic hydroxyl groups is 1.